The molecule has 9 rings (SSSR count). The second kappa shape index (κ2) is 27.9. The minimum absolute atomic E-state index is 0. The van der Waals surface area contributed by atoms with Gasteiger partial charge in [0.25, 0.3) is 0 Å². The Bertz CT molecular complexity index is 1810. The molecule has 8 bridgehead atoms. The molecule has 0 spiro atoms. The average Bonchev–Trinajstić information content (AvgIpc) is 4.00. The molecule has 0 radical (unpaired) electrons. The predicted molar refractivity (Wildman–Crippen MR) is 220 cm³/mol. The van der Waals surface area contributed by atoms with E-state index in [1.807, 2.05) is 164 Å². The smallest absolute Gasteiger partial charge is 0.0659 e. The summed E-state index contributed by atoms with van der Waals surface area (Å²) in [5.41, 5.74) is 7.86. The van der Waals surface area contributed by atoms with Crippen molar-refractivity contribution in [2.45, 2.75) is 0 Å². The van der Waals surface area contributed by atoms with Gasteiger partial charge in [0.2, 0.25) is 0 Å². The summed E-state index contributed by atoms with van der Waals surface area (Å²) < 4.78 is 0. The molecule has 2 aliphatic rings. The molecule has 0 unspecified atom stereocenters. The van der Waals surface area contributed by atoms with Gasteiger partial charge in [-0.2, -0.15) is 146 Å². The standard InChI is InChI=1S/C20H14N4.4C6H5.Cd.4H3N/c1-2-14-10-16-5-6-18(23-16)12-20-8-7-19(24-20)11-17-4-3-15(22-17)9-13(1)21-14;4*1-2-4-6-5-3-1;;;;;/h1-12,21-22H;4*1-5H;;4*1H3/q;4*-1;;;;;. The number of hydrogen-bond acceptors (Lipinski definition) is 6. The van der Waals surface area contributed by atoms with Crippen molar-refractivity contribution in [3.8, 4) is 0 Å². The Labute approximate surface area is 333 Å². The van der Waals surface area contributed by atoms with Crippen LogP contribution < -0.4 is 24.6 Å². The molecular formula is C44H46CdN8-4. The average molecular weight is 799 g/mol. The van der Waals surface area contributed by atoms with Gasteiger partial charge in [0.15, 0.2) is 0 Å². The quantitative estimate of drug-likeness (QED) is 0.0651. The number of nitrogens with zero attached hydrogens (tertiary/aromatic N) is 2. The molecule has 7 aromatic rings. The fourth-order valence-corrected chi connectivity index (χ4v) is 4.31. The summed E-state index contributed by atoms with van der Waals surface area (Å²) in [6.07, 6.45) is 8.05. The zero-order valence-corrected chi connectivity index (χ0v) is 33.9. The van der Waals surface area contributed by atoms with E-state index in [2.05, 4.69) is 74.5 Å². The molecule has 14 N–H and O–H groups in total. The second-order valence-corrected chi connectivity index (χ2v) is 10.2. The largest absolute Gasteiger partial charge is 0.355 e. The number of nitrogens with one attached hydrogen (secondary N) is 2. The van der Waals surface area contributed by atoms with Gasteiger partial charge in [-0.1, -0.05) is 0 Å². The Kier molecular flexibility index (Phi) is 24.9. The zero-order valence-electron chi connectivity index (χ0n) is 29.9. The van der Waals surface area contributed by atoms with Crippen LogP contribution in [-0.4, -0.2) is 19.9 Å². The van der Waals surface area contributed by atoms with E-state index in [4.69, 9.17) is 0 Å². The van der Waals surface area contributed by atoms with Gasteiger partial charge >= 0.3 is 0 Å². The first-order valence-corrected chi connectivity index (χ1v) is 15.5. The molecule has 0 amide bonds. The fraction of sp³-hybridized carbons (Fsp3) is 0. The first-order valence-electron chi connectivity index (χ1n) is 15.5. The van der Waals surface area contributed by atoms with Crippen molar-refractivity contribution in [2.75, 3.05) is 0 Å². The third-order valence-corrected chi connectivity index (χ3v) is 6.47. The van der Waals surface area contributed by atoms with Crippen molar-refractivity contribution in [1.82, 2.24) is 44.5 Å². The minimum atomic E-state index is 0. The van der Waals surface area contributed by atoms with Crippen LogP contribution in [0, 0.1) is 24.3 Å². The molecule has 2 aliphatic heterocycles. The normalized spacial score (nSPS) is 9.36. The van der Waals surface area contributed by atoms with Crippen molar-refractivity contribution < 1.29 is 27.3 Å². The van der Waals surface area contributed by atoms with Crippen LogP contribution in [0.4, 0.5) is 0 Å². The number of H-pyrrole nitrogens is 2. The molecule has 3 aromatic heterocycles. The van der Waals surface area contributed by atoms with E-state index in [-0.39, 0.29) is 51.9 Å². The van der Waals surface area contributed by atoms with Crippen LogP contribution in [0.3, 0.4) is 0 Å². The molecule has 0 aliphatic carbocycles. The summed E-state index contributed by atoms with van der Waals surface area (Å²) in [6.45, 7) is 0. The second-order valence-electron chi connectivity index (χ2n) is 10.2. The molecule has 0 saturated heterocycles. The van der Waals surface area contributed by atoms with Crippen molar-refractivity contribution in [2.24, 2.45) is 0 Å². The monoisotopic (exact) mass is 800 g/mol. The van der Waals surface area contributed by atoms with Crippen molar-refractivity contribution in [1.29, 1.82) is 0 Å². The Hall–Kier alpha value is -5.76. The van der Waals surface area contributed by atoms with E-state index in [0.717, 1.165) is 44.8 Å². The Morgan fingerprint density at radius 3 is 0.792 bits per heavy atom. The summed E-state index contributed by atoms with van der Waals surface area (Å²) >= 11 is 0. The first-order chi connectivity index (χ1) is 23.8. The maximum absolute atomic E-state index is 4.62. The van der Waals surface area contributed by atoms with E-state index in [9.17, 15) is 0 Å². The van der Waals surface area contributed by atoms with Crippen LogP contribution in [-0.2, 0) is 27.3 Å². The molecule has 9 heteroatoms. The predicted octanol–water partition coefficient (Wildman–Crippen LogP) is 11.2. The molecule has 268 valence electrons. The fourth-order valence-electron chi connectivity index (χ4n) is 4.31. The number of rotatable bonds is 0. The Balaban J connectivity index is 0.000000768. The number of aromatic amines is 2. The molecule has 4 aromatic carbocycles. The zero-order chi connectivity index (χ0) is 32.9. The molecule has 0 fully saturated rings. The van der Waals surface area contributed by atoms with Crippen LogP contribution in [0.15, 0.2) is 170 Å². The SMILES string of the molecule is C1=Cc2cc3ccc(cc4ccc(cc5nc(cc1n2)C=C5)[nH]4)[nH]3.N.N.N.N.[Cd].[c-]1ccccc1.[c-]1ccccc1.[c-]1ccccc1.[c-]1ccccc1. The van der Waals surface area contributed by atoms with Gasteiger partial charge < -0.3 is 34.6 Å². The van der Waals surface area contributed by atoms with Crippen LogP contribution in [0.5, 0.6) is 0 Å². The number of fused-ring (bicyclic) bond motifs is 8. The summed E-state index contributed by atoms with van der Waals surface area (Å²) in [5.74, 6) is 0. The number of aromatic nitrogens is 4. The number of hydrogen-bond donors (Lipinski definition) is 6. The summed E-state index contributed by atoms with van der Waals surface area (Å²) in [7, 11) is 0. The molecule has 0 atom stereocenters. The van der Waals surface area contributed by atoms with Crippen LogP contribution >= 0.6 is 0 Å². The Morgan fingerprint density at radius 2 is 0.566 bits per heavy atom. The van der Waals surface area contributed by atoms with E-state index in [1.54, 1.807) is 0 Å². The maximum Gasteiger partial charge on any atom is 0.0659 e. The minimum Gasteiger partial charge on any atom is -0.355 e. The van der Waals surface area contributed by atoms with E-state index < -0.39 is 0 Å². The topological polar surface area (TPSA) is 197 Å². The van der Waals surface area contributed by atoms with Crippen LogP contribution in [0.1, 0.15) is 22.8 Å². The third-order valence-electron chi connectivity index (χ3n) is 6.47. The molecule has 0 saturated carbocycles. The first kappa shape index (κ1) is 47.2. The molecule has 5 heterocycles. The number of benzene rings is 4. The molecular weight excluding hydrogens is 753 g/mol. The van der Waals surface area contributed by atoms with E-state index in [0.29, 0.717) is 0 Å². The van der Waals surface area contributed by atoms with Gasteiger partial charge in [-0.3, -0.25) is 0 Å². The van der Waals surface area contributed by atoms with Crippen LogP contribution in [0.25, 0.3) is 46.4 Å². The summed E-state index contributed by atoms with van der Waals surface area (Å²) in [4.78, 5) is 16.0. The van der Waals surface area contributed by atoms with Gasteiger partial charge in [0.05, 0.1) is 22.8 Å². The van der Waals surface area contributed by atoms with E-state index in [1.165, 1.54) is 0 Å². The van der Waals surface area contributed by atoms with Crippen molar-refractivity contribution in [3.05, 3.63) is 217 Å². The van der Waals surface area contributed by atoms with Gasteiger partial charge in [-0.15, -0.1) is 0 Å². The Morgan fingerprint density at radius 1 is 0.321 bits per heavy atom. The summed E-state index contributed by atoms with van der Waals surface area (Å²) in [6, 6.07) is 66.4. The summed E-state index contributed by atoms with van der Waals surface area (Å²) in [5, 5.41) is 0. The van der Waals surface area contributed by atoms with Gasteiger partial charge in [-0.05, 0) is 72.8 Å². The van der Waals surface area contributed by atoms with E-state index >= 15 is 0 Å². The van der Waals surface area contributed by atoms with Gasteiger partial charge in [0, 0.05) is 49.4 Å². The van der Waals surface area contributed by atoms with Crippen molar-refractivity contribution in [3.63, 3.8) is 0 Å². The van der Waals surface area contributed by atoms with Gasteiger partial charge in [-0.25, -0.2) is 9.97 Å². The third kappa shape index (κ3) is 18.3. The van der Waals surface area contributed by atoms with Crippen LogP contribution in [0.2, 0.25) is 0 Å². The van der Waals surface area contributed by atoms with Crippen molar-refractivity contribution >= 4 is 46.4 Å². The molecule has 53 heavy (non-hydrogen) atoms. The van der Waals surface area contributed by atoms with Gasteiger partial charge in [0.1, 0.15) is 0 Å². The molecule has 8 nitrogen and oxygen atoms in total. The maximum atomic E-state index is 4.62.